The number of hydrogen-bond acceptors (Lipinski definition) is 5. The van der Waals surface area contributed by atoms with Gasteiger partial charge in [-0.3, -0.25) is 9.53 Å². The average molecular weight is 539 g/mol. The number of halogens is 6. The van der Waals surface area contributed by atoms with Crippen LogP contribution in [0.25, 0.3) is 0 Å². The predicted octanol–water partition coefficient (Wildman–Crippen LogP) is 3.91. The standard InChI is InChI=1S/C21H32F6N2O5S/c22-20(23,24)12-4-9-17(19(30)29-13-2-1-3-16(11-13)35(28,31)32)18(10-12)33-14-5-7-15(8-6-14)34-21(25,26)27/h12-18H,1-11H2,(H,29,30)(H2,28,31,32). The lowest BCUT2D eigenvalue weighted by molar-refractivity contribution is -0.346. The number of alkyl halides is 6. The van der Waals surface area contributed by atoms with Crippen LogP contribution in [0, 0.1) is 11.8 Å². The highest BCUT2D eigenvalue weighted by Crippen LogP contribution is 2.42. The van der Waals surface area contributed by atoms with Crippen molar-refractivity contribution >= 4 is 15.9 Å². The number of sulfonamides is 1. The second kappa shape index (κ2) is 11.1. The molecule has 3 fully saturated rings. The van der Waals surface area contributed by atoms with Gasteiger partial charge < -0.3 is 10.1 Å². The van der Waals surface area contributed by atoms with Gasteiger partial charge in [-0.05, 0) is 64.2 Å². The number of hydrogen-bond donors (Lipinski definition) is 2. The number of primary sulfonamides is 1. The summed E-state index contributed by atoms with van der Waals surface area (Å²) in [4.78, 5) is 13.0. The molecule has 0 aromatic heterocycles. The molecule has 204 valence electrons. The van der Waals surface area contributed by atoms with E-state index in [0.29, 0.717) is 19.3 Å². The number of carbonyl (C=O) groups excluding carboxylic acids is 1. The third kappa shape index (κ3) is 8.46. The minimum Gasteiger partial charge on any atom is -0.374 e. The Morgan fingerprint density at radius 1 is 0.857 bits per heavy atom. The molecule has 0 heterocycles. The van der Waals surface area contributed by atoms with Gasteiger partial charge in [0.15, 0.2) is 0 Å². The maximum Gasteiger partial charge on any atom is 0.522 e. The molecule has 3 saturated carbocycles. The highest BCUT2D eigenvalue weighted by atomic mass is 32.2. The third-order valence-corrected chi connectivity index (χ3v) is 8.67. The summed E-state index contributed by atoms with van der Waals surface area (Å²) in [5.41, 5.74) is 0. The molecule has 1 amide bonds. The number of rotatable bonds is 6. The molecular weight excluding hydrogens is 506 g/mol. The Bertz CT molecular complexity index is 829. The molecule has 5 atom stereocenters. The third-order valence-electron chi connectivity index (χ3n) is 7.32. The van der Waals surface area contributed by atoms with E-state index in [1.807, 2.05) is 0 Å². The molecule has 14 heteroatoms. The van der Waals surface area contributed by atoms with Crippen LogP contribution in [0.4, 0.5) is 26.3 Å². The van der Waals surface area contributed by atoms with E-state index in [1.165, 1.54) is 0 Å². The van der Waals surface area contributed by atoms with E-state index in [-0.39, 0.29) is 44.9 Å². The van der Waals surface area contributed by atoms with Crippen LogP contribution in [-0.4, -0.2) is 56.5 Å². The SMILES string of the molecule is NS(=O)(=O)C1CCCC(NC(=O)C2CCC(C(F)(F)F)CC2OC2CCC(OC(F)(F)F)CC2)C1. The molecule has 7 nitrogen and oxygen atoms in total. The Kier molecular flexibility index (Phi) is 9.02. The second-order valence-electron chi connectivity index (χ2n) is 9.88. The predicted molar refractivity (Wildman–Crippen MR) is 112 cm³/mol. The highest BCUT2D eigenvalue weighted by molar-refractivity contribution is 7.89. The normalized spacial score (nSPS) is 35.5. The van der Waals surface area contributed by atoms with Gasteiger partial charge in [-0.1, -0.05) is 6.42 Å². The Labute approximate surface area is 200 Å². The molecule has 0 radical (unpaired) electrons. The van der Waals surface area contributed by atoms with Crippen molar-refractivity contribution in [3.05, 3.63) is 0 Å². The van der Waals surface area contributed by atoms with Crippen LogP contribution in [-0.2, 0) is 24.3 Å². The van der Waals surface area contributed by atoms with Gasteiger partial charge in [0.2, 0.25) is 15.9 Å². The van der Waals surface area contributed by atoms with Gasteiger partial charge in [-0.15, -0.1) is 13.2 Å². The van der Waals surface area contributed by atoms with Crippen molar-refractivity contribution in [1.29, 1.82) is 0 Å². The zero-order chi connectivity index (χ0) is 26.0. The van der Waals surface area contributed by atoms with E-state index in [2.05, 4.69) is 10.1 Å². The fourth-order valence-corrected chi connectivity index (χ4v) is 6.48. The first-order valence-corrected chi connectivity index (χ1v) is 13.5. The van der Waals surface area contributed by atoms with Gasteiger partial charge in [-0.25, -0.2) is 13.6 Å². The quantitative estimate of drug-likeness (QED) is 0.499. The Hall–Kier alpha value is -1.12. The number of carbonyl (C=O) groups is 1. The Morgan fingerprint density at radius 3 is 2.06 bits per heavy atom. The summed E-state index contributed by atoms with van der Waals surface area (Å²) in [5.74, 6) is -3.00. The number of nitrogens with two attached hydrogens (primary N) is 1. The van der Waals surface area contributed by atoms with Crippen LogP contribution in [0.3, 0.4) is 0 Å². The van der Waals surface area contributed by atoms with Gasteiger partial charge in [0.25, 0.3) is 0 Å². The Morgan fingerprint density at radius 2 is 1.49 bits per heavy atom. The highest BCUT2D eigenvalue weighted by Gasteiger charge is 2.48. The topological polar surface area (TPSA) is 108 Å². The maximum atomic E-state index is 13.4. The van der Waals surface area contributed by atoms with Crippen molar-refractivity contribution in [1.82, 2.24) is 5.32 Å². The smallest absolute Gasteiger partial charge is 0.374 e. The summed E-state index contributed by atoms with van der Waals surface area (Å²) < 4.78 is 111. The molecule has 3 N–H and O–H groups in total. The zero-order valence-corrected chi connectivity index (χ0v) is 19.9. The lowest BCUT2D eigenvalue weighted by Gasteiger charge is -2.40. The molecule has 0 aromatic rings. The van der Waals surface area contributed by atoms with Crippen molar-refractivity contribution in [3.8, 4) is 0 Å². The first-order chi connectivity index (χ1) is 16.1. The van der Waals surface area contributed by atoms with Crippen LogP contribution < -0.4 is 10.5 Å². The average Bonchev–Trinajstić information content (AvgIpc) is 2.73. The molecule has 0 aromatic carbocycles. The van der Waals surface area contributed by atoms with Crippen LogP contribution in [0.5, 0.6) is 0 Å². The van der Waals surface area contributed by atoms with Crippen molar-refractivity contribution in [2.45, 2.75) is 113 Å². The largest absolute Gasteiger partial charge is 0.522 e. The van der Waals surface area contributed by atoms with E-state index >= 15 is 0 Å². The minimum absolute atomic E-state index is 0.0491. The molecular formula is C21H32F6N2O5S. The summed E-state index contributed by atoms with van der Waals surface area (Å²) in [6.45, 7) is 0. The van der Waals surface area contributed by atoms with Gasteiger partial charge >= 0.3 is 12.5 Å². The lowest BCUT2D eigenvalue weighted by atomic mass is 9.78. The molecule has 5 unspecified atom stereocenters. The monoisotopic (exact) mass is 538 g/mol. The summed E-state index contributed by atoms with van der Waals surface area (Å²) in [6.07, 6.45) is -10.5. The van der Waals surface area contributed by atoms with Crippen molar-refractivity contribution < 1.29 is 49.0 Å². The van der Waals surface area contributed by atoms with Crippen LogP contribution in [0.1, 0.15) is 70.6 Å². The van der Waals surface area contributed by atoms with Gasteiger partial charge in [0.05, 0.1) is 35.4 Å². The summed E-state index contributed by atoms with van der Waals surface area (Å²) in [6, 6.07) is -0.462. The van der Waals surface area contributed by atoms with Gasteiger partial charge in [0.1, 0.15) is 0 Å². The molecule has 0 saturated heterocycles. The summed E-state index contributed by atoms with van der Waals surface area (Å²) >= 11 is 0. The van der Waals surface area contributed by atoms with Crippen LogP contribution >= 0.6 is 0 Å². The molecule has 0 spiro atoms. The summed E-state index contributed by atoms with van der Waals surface area (Å²) in [5, 5.41) is 7.22. The second-order valence-corrected chi connectivity index (χ2v) is 11.7. The zero-order valence-electron chi connectivity index (χ0n) is 19.1. The van der Waals surface area contributed by atoms with Crippen LogP contribution in [0.2, 0.25) is 0 Å². The Balaban J connectivity index is 1.62. The number of ether oxygens (including phenoxy) is 2. The lowest BCUT2D eigenvalue weighted by Crippen LogP contribution is -2.50. The number of nitrogens with one attached hydrogen (secondary N) is 1. The summed E-state index contributed by atoms with van der Waals surface area (Å²) in [7, 11) is -3.77. The molecule has 0 bridgehead atoms. The number of amides is 1. The molecule has 0 aliphatic heterocycles. The van der Waals surface area contributed by atoms with Gasteiger partial charge in [0, 0.05) is 6.04 Å². The first kappa shape index (κ1) is 28.5. The van der Waals surface area contributed by atoms with Gasteiger partial charge in [-0.2, -0.15) is 13.2 Å². The van der Waals surface area contributed by atoms with Crippen molar-refractivity contribution in [2.75, 3.05) is 0 Å². The molecule has 3 rings (SSSR count). The molecule has 3 aliphatic carbocycles. The van der Waals surface area contributed by atoms with Crippen molar-refractivity contribution in [3.63, 3.8) is 0 Å². The first-order valence-electron chi connectivity index (χ1n) is 11.9. The van der Waals surface area contributed by atoms with E-state index < -0.39 is 76.3 Å². The van der Waals surface area contributed by atoms with E-state index in [9.17, 15) is 39.6 Å². The minimum atomic E-state index is -4.76. The van der Waals surface area contributed by atoms with E-state index in [4.69, 9.17) is 9.88 Å². The van der Waals surface area contributed by atoms with E-state index in [1.54, 1.807) is 0 Å². The fourth-order valence-electron chi connectivity index (χ4n) is 5.48. The van der Waals surface area contributed by atoms with E-state index in [0.717, 1.165) is 0 Å². The molecule has 35 heavy (non-hydrogen) atoms. The van der Waals surface area contributed by atoms with Crippen molar-refractivity contribution in [2.24, 2.45) is 17.0 Å². The maximum absolute atomic E-state index is 13.4. The van der Waals surface area contributed by atoms with Crippen LogP contribution in [0.15, 0.2) is 0 Å². The fraction of sp³-hybridized carbons (Fsp3) is 0.952. The molecule has 3 aliphatic rings.